The molecule has 4 heteroatoms. The number of methoxy groups -OCH3 is 1. The van der Waals surface area contributed by atoms with Crippen molar-refractivity contribution in [1.82, 2.24) is 4.98 Å². The van der Waals surface area contributed by atoms with Crippen LogP contribution in [0.25, 0.3) is 0 Å². The second-order valence-electron chi connectivity index (χ2n) is 4.23. The maximum Gasteiger partial charge on any atom is 0.118 e. The number of rotatable bonds is 5. The second-order valence-corrected chi connectivity index (χ2v) is 4.64. The van der Waals surface area contributed by atoms with Crippen LogP contribution >= 0.6 is 11.6 Å². The van der Waals surface area contributed by atoms with Crippen LogP contribution in [0.5, 0.6) is 5.75 Å². The summed E-state index contributed by atoms with van der Waals surface area (Å²) in [6, 6.07) is 10.0. The quantitative estimate of drug-likeness (QED) is 0.884. The van der Waals surface area contributed by atoms with Gasteiger partial charge in [-0.15, -0.1) is 0 Å². The molecule has 19 heavy (non-hydrogen) atoms. The van der Waals surface area contributed by atoms with Crippen molar-refractivity contribution in [2.45, 2.75) is 19.4 Å². The molecule has 2 rings (SSSR count). The van der Waals surface area contributed by atoms with Crippen LogP contribution in [0.1, 0.15) is 24.9 Å². The summed E-state index contributed by atoms with van der Waals surface area (Å²) in [5.74, 6) is 0.859. The lowest BCUT2D eigenvalue weighted by Gasteiger charge is -2.19. The van der Waals surface area contributed by atoms with Gasteiger partial charge in [-0.3, -0.25) is 4.98 Å². The zero-order valence-electron chi connectivity index (χ0n) is 11.1. The minimum atomic E-state index is 0.201. The van der Waals surface area contributed by atoms with E-state index in [0.717, 1.165) is 17.9 Å². The number of anilines is 1. The van der Waals surface area contributed by atoms with Crippen molar-refractivity contribution >= 4 is 17.3 Å². The van der Waals surface area contributed by atoms with Gasteiger partial charge >= 0.3 is 0 Å². The molecule has 1 unspecified atom stereocenters. The number of benzene rings is 1. The van der Waals surface area contributed by atoms with Crippen LogP contribution in [0.3, 0.4) is 0 Å². The minimum Gasteiger partial charge on any atom is -0.497 e. The minimum absolute atomic E-state index is 0.201. The molecule has 0 aliphatic heterocycles. The molecule has 0 aliphatic rings. The van der Waals surface area contributed by atoms with E-state index >= 15 is 0 Å². The molecule has 2 aromatic rings. The molecule has 0 radical (unpaired) electrons. The first-order chi connectivity index (χ1) is 9.24. The molecule has 1 aromatic carbocycles. The number of nitrogens with zero attached hydrogens (tertiary/aromatic N) is 1. The fourth-order valence-electron chi connectivity index (χ4n) is 1.93. The molecule has 0 saturated heterocycles. The average Bonchev–Trinajstić information content (AvgIpc) is 2.47. The standard InChI is InChI=1S/C15H17ClN2O/c1-3-14(11-4-6-12(19-2)7-5-11)18-15-10-17-9-8-13(15)16/h4-10,14,18H,3H2,1-2H3. The summed E-state index contributed by atoms with van der Waals surface area (Å²) in [5, 5.41) is 4.10. The van der Waals surface area contributed by atoms with Gasteiger partial charge in [0.1, 0.15) is 5.75 Å². The zero-order chi connectivity index (χ0) is 13.7. The van der Waals surface area contributed by atoms with Crippen LogP contribution in [0.2, 0.25) is 5.02 Å². The number of aromatic nitrogens is 1. The van der Waals surface area contributed by atoms with Crippen LogP contribution in [0.4, 0.5) is 5.69 Å². The zero-order valence-corrected chi connectivity index (χ0v) is 11.8. The largest absolute Gasteiger partial charge is 0.497 e. The highest BCUT2D eigenvalue weighted by Gasteiger charge is 2.11. The Morgan fingerprint density at radius 1 is 1.26 bits per heavy atom. The molecule has 0 amide bonds. The third-order valence-corrected chi connectivity index (χ3v) is 3.35. The van der Waals surface area contributed by atoms with Crippen molar-refractivity contribution in [3.05, 3.63) is 53.3 Å². The number of nitrogens with one attached hydrogen (secondary N) is 1. The van der Waals surface area contributed by atoms with E-state index in [1.165, 1.54) is 5.56 Å². The predicted octanol–water partition coefficient (Wildman–Crippen LogP) is 4.31. The second kappa shape index (κ2) is 6.43. The Morgan fingerprint density at radius 3 is 2.58 bits per heavy atom. The Morgan fingerprint density at radius 2 is 2.00 bits per heavy atom. The van der Waals surface area contributed by atoms with Crippen LogP contribution < -0.4 is 10.1 Å². The molecule has 1 heterocycles. The third-order valence-electron chi connectivity index (χ3n) is 3.02. The summed E-state index contributed by atoms with van der Waals surface area (Å²) >= 11 is 6.14. The van der Waals surface area contributed by atoms with Crippen molar-refractivity contribution < 1.29 is 4.74 Å². The summed E-state index contributed by atoms with van der Waals surface area (Å²) in [7, 11) is 1.67. The first-order valence-electron chi connectivity index (χ1n) is 6.24. The number of hydrogen-bond donors (Lipinski definition) is 1. The lowest BCUT2D eigenvalue weighted by molar-refractivity contribution is 0.414. The maximum atomic E-state index is 6.14. The fourth-order valence-corrected chi connectivity index (χ4v) is 2.09. The molecule has 0 aliphatic carbocycles. The van der Waals surface area contributed by atoms with Crippen molar-refractivity contribution in [3.63, 3.8) is 0 Å². The smallest absolute Gasteiger partial charge is 0.118 e. The Kier molecular flexibility index (Phi) is 4.63. The SMILES string of the molecule is CCC(Nc1cnccc1Cl)c1ccc(OC)cc1. The van der Waals surface area contributed by atoms with Gasteiger partial charge in [0.15, 0.2) is 0 Å². The van der Waals surface area contributed by atoms with E-state index in [0.29, 0.717) is 5.02 Å². The average molecular weight is 277 g/mol. The van der Waals surface area contributed by atoms with E-state index in [1.54, 1.807) is 25.6 Å². The number of halogens is 1. The van der Waals surface area contributed by atoms with Gasteiger partial charge in [-0.1, -0.05) is 30.7 Å². The van der Waals surface area contributed by atoms with Gasteiger partial charge in [0, 0.05) is 6.20 Å². The van der Waals surface area contributed by atoms with Crippen molar-refractivity contribution in [1.29, 1.82) is 0 Å². The fraction of sp³-hybridized carbons (Fsp3) is 0.267. The van der Waals surface area contributed by atoms with Gasteiger partial charge in [-0.2, -0.15) is 0 Å². The van der Waals surface area contributed by atoms with Gasteiger partial charge in [0.2, 0.25) is 0 Å². The van der Waals surface area contributed by atoms with Gasteiger partial charge in [0.05, 0.1) is 30.1 Å². The summed E-state index contributed by atoms with van der Waals surface area (Å²) in [6.07, 6.45) is 4.38. The number of hydrogen-bond acceptors (Lipinski definition) is 3. The number of ether oxygens (including phenoxy) is 1. The van der Waals surface area contributed by atoms with E-state index in [4.69, 9.17) is 16.3 Å². The molecular weight excluding hydrogens is 260 g/mol. The van der Waals surface area contributed by atoms with Gasteiger partial charge in [-0.25, -0.2) is 0 Å². The molecule has 100 valence electrons. The first-order valence-corrected chi connectivity index (χ1v) is 6.62. The normalized spacial score (nSPS) is 11.9. The lowest BCUT2D eigenvalue weighted by Crippen LogP contribution is -2.10. The molecular formula is C15H17ClN2O. The molecule has 1 N–H and O–H groups in total. The van der Waals surface area contributed by atoms with E-state index in [-0.39, 0.29) is 6.04 Å². The Balaban J connectivity index is 2.17. The van der Waals surface area contributed by atoms with Crippen molar-refractivity contribution in [3.8, 4) is 5.75 Å². The van der Waals surface area contributed by atoms with Crippen molar-refractivity contribution in [2.75, 3.05) is 12.4 Å². The molecule has 1 atom stereocenters. The third kappa shape index (κ3) is 3.38. The maximum absolute atomic E-state index is 6.14. The number of pyridine rings is 1. The Hall–Kier alpha value is -1.74. The van der Waals surface area contributed by atoms with E-state index < -0.39 is 0 Å². The molecule has 0 spiro atoms. The first kappa shape index (κ1) is 13.7. The molecule has 0 fully saturated rings. The molecule has 0 saturated carbocycles. The van der Waals surface area contributed by atoms with Gasteiger partial charge in [0.25, 0.3) is 0 Å². The van der Waals surface area contributed by atoms with Gasteiger partial charge in [-0.05, 0) is 30.2 Å². The molecule has 3 nitrogen and oxygen atoms in total. The van der Waals surface area contributed by atoms with Crippen LogP contribution in [-0.4, -0.2) is 12.1 Å². The topological polar surface area (TPSA) is 34.2 Å². The van der Waals surface area contributed by atoms with Crippen LogP contribution in [0.15, 0.2) is 42.7 Å². The highest BCUT2D eigenvalue weighted by atomic mass is 35.5. The molecule has 0 bridgehead atoms. The summed E-state index contributed by atoms with van der Waals surface area (Å²) in [6.45, 7) is 2.13. The lowest BCUT2D eigenvalue weighted by atomic mass is 10.0. The van der Waals surface area contributed by atoms with E-state index in [1.807, 2.05) is 12.1 Å². The van der Waals surface area contributed by atoms with Gasteiger partial charge < -0.3 is 10.1 Å². The van der Waals surface area contributed by atoms with Crippen molar-refractivity contribution in [2.24, 2.45) is 0 Å². The van der Waals surface area contributed by atoms with Crippen LogP contribution in [0, 0.1) is 0 Å². The summed E-state index contributed by atoms with van der Waals surface area (Å²) in [5.41, 5.74) is 2.05. The Bertz CT molecular complexity index is 528. The van der Waals surface area contributed by atoms with Crippen LogP contribution in [-0.2, 0) is 0 Å². The predicted molar refractivity (Wildman–Crippen MR) is 78.9 cm³/mol. The van der Waals surface area contributed by atoms with E-state index in [9.17, 15) is 0 Å². The monoisotopic (exact) mass is 276 g/mol. The Labute approximate surface area is 118 Å². The highest BCUT2D eigenvalue weighted by molar-refractivity contribution is 6.33. The molecule has 1 aromatic heterocycles. The van der Waals surface area contributed by atoms with E-state index in [2.05, 4.69) is 29.4 Å². The summed E-state index contributed by atoms with van der Waals surface area (Å²) in [4.78, 5) is 4.09. The summed E-state index contributed by atoms with van der Waals surface area (Å²) < 4.78 is 5.17. The highest BCUT2D eigenvalue weighted by Crippen LogP contribution is 2.27.